The summed E-state index contributed by atoms with van der Waals surface area (Å²) in [5, 5.41) is 25.9. The van der Waals surface area contributed by atoms with E-state index in [2.05, 4.69) is 10.6 Å². The van der Waals surface area contributed by atoms with Crippen molar-refractivity contribution in [3.05, 3.63) is 104 Å². The van der Waals surface area contributed by atoms with Crippen molar-refractivity contribution in [2.75, 3.05) is 13.2 Å². The molecule has 0 saturated heterocycles. The lowest BCUT2D eigenvalue weighted by atomic mass is 9.80. The molecule has 1 atom stereocenters. The number of carbonyl (C=O) groups excluding carboxylic acids is 2. The van der Waals surface area contributed by atoms with Gasteiger partial charge >= 0.3 is 5.97 Å². The fraction of sp³-hybridized carbons (Fsp3) is 0.222. The number of nitrogens with zero attached hydrogens (tertiary/aromatic N) is 2. The zero-order valence-corrected chi connectivity index (χ0v) is 20.0. The van der Waals surface area contributed by atoms with Crippen LogP contribution in [0.3, 0.4) is 0 Å². The molecule has 1 amide bonds. The summed E-state index contributed by atoms with van der Waals surface area (Å²) in [6, 6.07) is 17.3. The number of nitro groups is 1. The Labute approximate surface area is 208 Å². The molecule has 0 saturated carbocycles. The molecule has 184 valence electrons. The molecule has 3 rings (SSSR count). The fourth-order valence-electron chi connectivity index (χ4n) is 3.96. The summed E-state index contributed by atoms with van der Waals surface area (Å²) in [6.45, 7) is 3.59. The third-order valence-electron chi connectivity index (χ3n) is 5.60. The summed E-state index contributed by atoms with van der Waals surface area (Å²) >= 11 is 0. The van der Waals surface area contributed by atoms with E-state index in [9.17, 15) is 19.7 Å². The van der Waals surface area contributed by atoms with Crippen LogP contribution in [0.1, 0.15) is 37.3 Å². The molecule has 1 aliphatic heterocycles. The number of allylic oxidation sites excluding steroid dienone is 2. The Morgan fingerprint density at radius 3 is 2.42 bits per heavy atom. The van der Waals surface area contributed by atoms with Gasteiger partial charge in [0.15, 0.2) is 0 Å². The van der Waals surface area contributed by atoms with Gasteiger partial charge in [0.1, 0.15) is 6.61 Å². The van der Waals surface area contributed by atoms with E-state index < -0.39 is 22.7 Å². The van der Waals surface area contributed by atoms with E-state index in [-0.39, 0.29) is 30.8 Å². The van der Waals surface area contributed by atoms with E-state index in [1.54, 1.807) is 13.8 Å². The third kappa shape index (κ3) is 6.24. The number of rotatable bonds is 9. The van der Waals surface area contributed by atoms with Crippen LogP contribution in [-0.2, 0) is 14.3 Å². The number of amides is 1. The molecule has 0 aromatic heterocycles. The summed E-state index contributed by atoms with van der Waals surface area (Å²) in [5.41, 5.74) is 2.97. The molecule has 0 aliphatic carbocycles. The van der Waals surface area contributed by atoms with E-state index in [0.29, 0.717) is 22.5 Å². The molecule has 36 heavy (non-hydrogen) atoms. The molecule has 2 aromatic carbocycles. The molecular weight excluding hydrogens is 460 g/mol. The molecule has 0 bridgehead atoms. The summed E-state index contributed by atoms with van der Waals surface area (Å²) in [7, 11) is 0. The summed E-state index contributed by atoms with van der Waals surface area (Å²) in [6.07, 6.45) is 3.73. The number of carbonyl (C=O) groups is 2. The second-order valence-electron chi connectivity index (χ2n) is 8.05. The van der Waals surface area contributed by atoms with Crippen molar-refractivity contribution in [1.29, 1.82) is 5.26 Å². The molecule has 2 N–H and O–H groups in total. The Hall–Kier alpha value is -4.71. The number of nitriles is 1. The lowest BCUT2D eigenvalue weighted by molar-refractivity contribution is -0.384. The minimum atomic E-state index is -0.820. The van der Waals surface area contributed by atoms with Crippen LogP contribution in [0, 0.1) is 21.4 Å². The number of non-ortho nitro benzene ring substituents is 1. The van der Waals surface area contributed by atoms with Gasteiger partial charge < -0.3 is 15.4 Å². The maximum atomic E-state index is 13.3. The van der Waals surface area contributed by atoms with Gasteiger partial charge in [-0.3, -0.25) is 14.9 Å². The molecule has 1 unspecified atom stereocenters. The summed E-state index contributed by atoms with van der Waals surface area (Å²) in [4.78, 5) is 37.0. The molecule has 1 aliphatic rings. The van der Waals surface area contributed by atoms with Crippen molar-refractivity contribution in [2.24, 2.45) is 0 Å². The highest BCUT2D eigenvalue weighted by atomic mass is 16.6. The van der Waals surface area contributed by atoms with Gasteiger partial charge in [-0.1, -0.05) is 54.6 Å². The summed E-state index contributed by atoms with van der Waals surface area (Å²) < 4.78 is 5.28. The van der Waals surface area contributed by atoms with Crippen LogP contribution >= 0.6 is 0 Å². The number of nitrogens with one attached hydrogen (secondary N) is 2. The smallest absolute Gasteiger partial charge is 0.336 e. The number of ether oxygens (including phenoxy) is 1. The van der Waals surface area contributed by atoms with Crippen molar-refractivity contribution in [2.45, 2.75) is 26.2 Å². The standard InChI is InChI=1S/C27H26N4O5/c1-18-23(26(32)29-16-6-10-20-8-4-3-5-9-20)25(21-11-13-22(14-12-21)31(34)35)24(19(2)30-18)27(33)36-17-7-15-28/h3-6,8-14,25,30H,7,16-17H2,1-2H3,(H,29,32). The Balaban J connectivity index is 1.92. The molecular formula is C27H26N4O5. The average molecular weight is 487 g/mol. The predicted molar refractivity (Wildman–Crippen MR) is 134 cm³/mol. The maximum absolute atomic E-state index is 13.3. The monoisotopic (exact) mass is 486 g/mol. The van der Waals surface area contributed by atoms with Crippen LogP contribution in [0.2, 0.25) is 0 Å². The zero-order chi connectivity index (χ0) is 26.1. The minimum Gasteiger partial charge on any atom is -0.461 e. The van der Waals surface area contributed by atoms with Gasteiger partial charge in [-0.05, 0) is 25.0 Å². The first-order valence-electron chi connectivity index (χ1n) is 11.3. The van der Waals surface area contributed by atoms with Crippen LogP contribution in [0.15, 0.2) is 83.2 Å². The SMILES string of the molecule is CC1=C(C(=O)NCC=Cc2ccccc2)C(c2ccc([N+](=O)[O-])cc2)C(C(=O)OCCC#N)=C(C)N1. The lowest BCUT2D eigenvalue weighted by Gasteiger charge is -2.31. The predicted octanol–water partition coefficient (Wildman–Crippen LogP) is 4.12. The number of dihydropyridines is 1. The highest BCUT2D eigenvalue weighted by Crippen LogP contribution is 2.39. The normalized spacial score (nSPS) is 15.3. The number of benzene rings is 2. The third-order valence-corrected chi connectivity index (χ3v) is 5.60. The van der Waals surface area contributed by atoms with Gasteiger partial charge in [0.2, 0.25) is 5.91 Å². The van der Waals surface area contributed by atoms with Crippen LogP contribution in [0.25, 0.3) is 6.08 Å². The number of esters is 1. The van der Waals surface area contributed by atoms with Crippen LogP contribution in [0.4, 0.5) is 5.69 Å². The largest absolute Gasteiger partial charge is 0.461 e. The van der Waals surface area contributed by atoms with Crippen LogP contribution in [-0.4, -0.2) is 30.0 Å². The Kier molecular flexibility index (Phi) is 8.73. The number of hydrogen-bond donors (Lipinski definition) is 2. The van der Waals surface area contributed by atoms with E-state index in [1.165, 1.54) is 24.3 Å². The van der Waals surface area contributed by atoms with Crippen molar-refractivity contribution in [3.63, 3.8) is 0 Å². The van der Waals surface area contributed by atoms with E-state index in [1.807, 2.05) is 48.6 Å². The molecule has 0 fully saturated rings. The first-order chi connectivity index (χ1) is 17.3. The fourth-order valence-corrected chi connectivity index (χ4v) is 3.96. The number of nitro benzene ring substituents is 1. The highest BCUT2D eigenvalue weighted by molar-refractivity contribution is 6.02. The van der Waals surface area contributed by atoms with Crippen molar-refractivity contribution in [3.8, 4) is 6.07 Å². The molecule has 0 radical (unpaired) electrons. The van der Waals surface area contributed by atoms with Gasteiger partial charge in [-0.2, -0.15) is 5.26 Å². The Morgan fingerprint density at radius 2 is 1.78 bits per heavy atom. The van der Waals surface area contributed by atoms with E-state index >= 15 is 0 Å². The van der Waals surface area contributed by atoms with E-state index in [0.717, 1.165) is 5.56 Å². The molecule has 9 heteroatoms. The maximum Gasteiger partial charge on any atom is 0.336 e. The van der Waals surface area contributed by atoms with Crippen LogP contribution < -0.4 is 10.6 Å². The quantitative estimate of drug-likeness (QED) is 0.236. The van der Waals surface area contributed by atoms with Crippen molar-refractivity contribution >= 4 is 23.6 Å². The van der Waals surface area contributed by atoms with Gasteiger partial charge in [0.05, 0.1) is 28.9 Å². The van der Waals surface area contributed by atoms with E-state index in [4.69, 9.17) is 10.00 Å². The van der Waals surface area contributed by atoms with Gasteiger partial charge in [0.25, 0.3) is 5.69 Å². The highest BCUT2D eigenvalue weighted by Gasteiger charge is 2.37. The lowest BCUT2D eigenvalue weighted by Crippen LogP contribution is -2.36. The minimum absolute atomic E-state index is 0.0314. The van der Waals surface area contributed by atoms with Gasteiger partial charge in [-0.25, -0.2) is 4.79 Å². The zero-order valence-electron chi connectivity index (χ0n) is 20.0. The van der Waals surface area contributed by atoms with Crippen molar-refractivity contribution < 1.29 is 19.2 Å². The van der Waals surface area contributed by atoms with Gasteiger partial charge in [0, 0.05) is 35.6 Å². The molecule has 0 spiro atoms. The summed E-state index contributed by atoms with van der Waals surface area (Å²) in [5.74, 6) is -1.88. The number of hydrogen-bond acceptors (Lipinski definition) is 7. The average Bonchev–Trinajstić information content (AvgIpc) is 2.86. The molecule has 1 heterocycles. The second-order valence-corrected chi connectivity index (χ2v) is 8.05. The van der Waals surface area contributed by atoms with Gasteiger partial charge in [-0.15, -0.1) is 0 Å². The molecule has 9 nitrogen and oxygen atoms in total. The Bertz CT molecular complexity index is 1270. The first-order valence-corrected chi connectivity index (χ1v) is 11.3. The van der Waals surface area contributed by atoms with Crippen LogP contribution in [0.5, 0.6) is 0 Å². The first kappa shape index (κ1) is 25.9. The second kappa shape index (κ2) is 12.1. The Morgan fingerprint density at radius 1 is 1.11 bits per heavy atom. The van der Waals surface area contributed by atoms with Crippen molar-refractivity contribution in [1.82, 2.24) is 10.6 Å². The topological polar surface area (TPSA) is 134 Å². The molecule has 2 aromatic rings.